The number of nitrogens with zero attached hydrogens (tertiary/aromatic N) is 1. The van der Waals surface area contributed by atoms with Crippen LogP contribution in [0.2, 0.25) is 0 Å². The van der Waals surface area contributed by atoms with Crippen LogP contribution >= 0.6 is 0 Å². The van der Waals surface area contributed by atoms with Crippen molar-refractivity contribution >= 4 is 12.0 Å². The predicted molar refractivity (Wildman–Crippen MR) is 64.9 cm³/mol. The molecule has 0 saturated carbocycles. The molecular formula is C12H22N2O3. The molecule has 5 nitrogen and oxygen atoms in total. The summed E-state index contributed by atoms with van der Waals surface area (Å²) in [5, 5.41) is 12.2. The molecule has 17 heavy (non-hydrogen) atoms. The van der Waals surface area contributed by atoms with E-state index in [2.05, 4.69) is 5.32 Å². The SMILES string of the molecule is CCC1(C(=O)O)CCCN1C(=O)NC(C)(C)C. The summed E-state index contributed by atoms with van der Waals surface area (Å²) in [6, 6.07) is -0.278. The third kappa shape index (κ3) is 2.70. The number of carbonyl (C=O) groups excluding carboxylic acids is 1. The van der Waals surface area contributed by atoms with E-state index in [-0.39, 0.29) is 11.6 Å². The van der Waals surface area contributed by atoms with Crippen molar-refractivity contribution in [3.05, 3.63) is 0 Å². The lowest BCUT2D eigenvalue weighted by Crippen LogP contribution is -2.58. The molecule has 98 valence electrons. The highest BCUT2D eigenvalue weighted by Gasteiger charge is 2.48. The maximum Gasteiger partial charge on any atom is 0.329 e. The van der Waals surface area contributed by atoms with Gasteiger partial charge in [0.2, 0.25) is 0 Å². The second-order valence-corrected chi connectivity index (χ2v) is 5.63. The van der Waals surface area contributed by atoms with Crippen molar-refractivity contribution in [2.75, 3.05) is 6.54 Å². The van der Waals surface area contributed by atoms with Crippen LogP contribution in [-0.4, -0.2) is 39.6 Å². The molecule has 1 atom stereocenters. The van der Waals surface area contributed by atoms with Crippen LogP contribution in [-0.2, 0) is 4.79 Å². The number of carboxylic acids is 1. The fourth-order valence-corrected chi connectivity index (χ4v) is 2.30. The Kier molecular flexibility index (Phi) is 3.69. The first-order valence-electron chi connectivity index (χ1n) is 6.06. The molecule has 1 heterocycles. The quantitative estimate of drug-likeness (QED) is 0.776. The Morgan fingerprint density at radius 2 is 2.00 bits per heavy atom. The number of hydrogen-bond acceptors (Lipinski definition) is 2. The Bertz CT molecular complexity index is 322. The van der Waals surface area contributed by atoms with Gasteiger partial charge in [-0.15, -0.1) is 0 Å². The lowest BCUT2D eigenvalue weighted by atomic mass is 9.93. The third-order valence-electron chi connectivity index (χ3n) is 3.20. The van der Waals surface area contributed by atoms with E-state index >= 15 is 0 Å². The summed E-state index contributed by atoms with van der Waals surface area (Å²) in [6.07, 6.45) is 1.73. The van der Waals surface area contributed by atoms with E-state index in [1.165, 1.54) is 4.90 Å². The smallest absolute Gasteiger partial charge is 0.329 e. The van der Waals surface area contributed by atoms with Crippen molar-refractivity contribution in [2.24, 2.45) is 0 Å². The second-order valence-electron chi connectivity index (χ2n) is 5.63. The minimum absolute atomic E-state index is 0.278. The maximum absolute atomic E-state index is 12.1. The Hall–Kier alpha value is -1.26. The Morgan fingerprint density at radius 3 is 2.41 bits per heavy atom. The average Bonchev–Trinajstić information content (AvgIpc) is 2.59. The standard InChI is InChI=1S/C12H22N2O3/c1-5-12(9(15)16)7-6-8-14(12)10(17)13-11(2,3)4/h5-8H2,1-4H3,(H,13,17)(H,15,16). The molecule has 0 aromatic heterocycles. The lowest BCUT2D eigenvalue weighted by Gasteiger charge is -2.36. The van der Waals surface area contributed by atoms with Crippen molar-refractivity contribution in [3.63, 3.8) is 0 Å². The number of likely N-dealkylation sites (tertiary alicyclic amines) is 1. The fourth-order valence-electron chi connectivity index (χ4n) is 2.30. The Morgan fingerprint density at radius 1 is 1.41 bits per heavy atom. The van der Waals surface area contributed by atoms with Crippen molar-refractivity contribution in [1.29, 1.82) is 0 Å². The van der Waals surface area contributed by atoms with E-state index in [1.807, 2.05) is 27.7 Å². The van der Waals surface area contributed by atoms with Crippen molar-refractivity contribution in [3.8, 4) is 0 Å². The summed E-state index contributed by atoms with van der Waals surface area (Å²) in [5.41, 5.74) is -1.37. The first-order valence-corrected chi connectivity index (χ1v) is 6.06. The summed E-state index contributed by atoms with van der Waals surface area (Å²) in [7, 11) is 0. The fraction of sp³-hybridized carbons (Fsp3) is 0.833. The number of carboxylic acid groups (broad SMARTS) is 1. The van der Waals surface area contributed by atoms with Gasteiger partial charge in [-0.25, -0.2) is 9.59 Å². The monoisotopic (exact) mass is 242 g/mol. The highest BCUT2D eigenvalue weighted by Crippen LogP contribution is 2.32. The first kappa shape index (κ1) is 13.8. The highest BCUT2D eigenvalue weighted by molar-refractivity contribution is 5.87. The van der Waals surface area contributed by atoms with Crippen molar-refractivity contribution in [1.82, 2.24) is 10.2 Å². The zero-order chi connectivity index (χ0) is 13.3. The van der Waals surface area contributed by atoms with E-state index in [0.29, 0.717) is 19.4 Å². The number of amides is 2. The van der Waals surface area contributed by atoms with E-state index in [9.17, 15) is 14.7 Å². The lowest BCUT2D eigenvalue weighted by molar-refractivity contribution is -0.148. The van der Waals surface area contributed by atoms with Gasteiger partial charge in [0, 0.05) is 12.1 Å². The van der Waals surface area contributed by atoms with Gasteiger partial charge in [0.1, 0.15) is 5.54 Å². The highest BCUT2D eigenvalue weighted by atomic mass is 16.4. The van der Waals surface area contributed by atoms with Crippen LogP contribution in [0.4, 0.5) is 4.79 Å². The van der Waals surface area contributed by atoms with Gasteiger partial charge in [-0.1, -0.05) is 6.92 Å². The van der Waals surface area contributed by atoms with Crippen LogP contribution in [0.1, 0.15) is 47.0 Å². The van der Waals surface area contributed by atoms with Crippen LogP contribution in [0.15, 0.2) is 0 Å². The minimum Gasteiger partial charge on any atom is -0.479 e. The zero-order valence-electron chi connectivity index (χ0n) is 11.0. The van der Waals surface area contributed by atoms with Gasteiger partial charge < -0.3 is 15.3 Å². The number of rotatable bonds is 2. The van der Waals surface area contributed by atoms with E-state index in [4.69, 9.17) is 0 Å². The molecule has 5 heteroatoms. The molecule has 0 bridgehead atoms. The molecule has 1 rings (SSSR count). The summed E-state index contributed by atoms with van der Waals surface area (Å²) >= 11 is 0. The number of urea groups is 1. The van der Waals surface area contributed by atoms with Gasteiger partial charge in [-0.3, -0.25) is 0 Å². The normalized spacial score (nSPS) is 24.8. The average molecular weight is 242 g/mol. The van der Waals surface area contributed by atoms with Gasteiger partial charge in [-0.05, 0) is 40.0 Å². The maximum atomic E-state index is 12.1. The summed E-state index contributed by atoms with van der Waals surface area (Å²) in [6.45, 7) is 7.99. The first-order chi connectivity index (χ1) is 7.73. The molecule has 0 radical (unpaired) electrons. The number of hydrogen-bond donors (Lipinski definition) is 2. The topological polar surface area (TPSA) is 69.6 Å². The largest absolute Gasteiger partial charge is 0.479 e. The Balaban J connectivity index is 2.89. The summed E-state index contributed by atoms with van der Waals surface area (Å²) in [4.78, 5) is 25.0. The van der Waals surface area contributed by atoms with Gasteiger partial charge >= 0.3 is 12.0 Å². The Labute approximate surface area is 102 Å². The van der Waals surface area contributed by atoms with Gasteiger partial charge in [-0.2, -0.15) is 0 Å². The van der Waals surface area contributed by atoms with Crippen LogP contribution in [0.3, 0.4) is 0 Å². The van der Waals surface area contributed by atoms with Crippen LogP contribution in [0, 0.1) is 0 Å². The van der Waals surface area contributed by atoms with E-state index in [0.717, 1.165) is 6.42 Å². The van der Waals surface area contributed by atoms with E-state index in [1.54, 1.807) is 0 Å². The number of aliphatic carboxylic acids is 1. The van der Waals surface area contributed by atoms with Crippen LogP contribution in [0.5, 0.6) is 0 Å². The second kappa shape index (κ2) is 4.55. The molecule has 0 spiro atoms. The molecule has 1 aliphatic heterocycles. The predicted octanol–water partition coefficient (Wildman–Crippen LogP) is 1.82. The van der Waals surface area contributed by atoms with Crippen LogP contribution in [0.25, 0.3) is 0 Å². The molecule has 1 fully saturated rings. The molecule has 2 N–H and O–H groups in total. The number of nitrogens with one attached hydrogen (secondary N) is 1. The third-order valence-corrected chi connectivity index (χ3v) is 3.20. The van der Waals surface area contributed by atoms with Crippen molar-refractivity contribution < 1.29 is 14.7 Å². The zero-order valence-corrected chi connectivity index (χ0v) is 11.0. The van der Waals surface area contributed by atoms with Gasteiger partial charge in [0.15, 0.2) is 0 Å². The molecule has 1 saturated heterocycles. The molecule has 0 aliphatic carbocycles. The molecule has 0 aromatic rings. The summed E-state index contributed by atoms with van der Waals surface area (Å²) in [5.74, 6) is -0.901. The van der Waals surface area contributed by atoms with Crippen molar-refractivity contribution in [2.45, 2.75) is 58.0 Å². The van der Waals surface area contributed by atoms with Crippen LogP contribution < -0.4 is 5.32 Å². The van der Waals surface area contributed by atoms with E-state index < -0.39 is 11.5 Å². The summed E-state index contributed by atoms with van der Waals surface area (Å²) < 4.78 is 0. The number of carbonyl (C=O) groups is 2. The molecule has 0 aromatic carbocycles. The van der Waals surface area contributed by atoms with Gasteiger partial charge in [0.25, 0.3) is 0 Å². The van der Waals surface area contributed by atoms with Gasteiger partial charge in [0.05, 0.1) is 0 Å². The molecular weight excluding hydrogens is 220 g/mol. The molecule has 2 amide bonds. The minimum atomic E-state index is -1.02. The molecule has 1 aliphatic rings. The molecule has 1 unspecified atom stereocenters.